The van der Waals surface area contributed by atoms with Crippen molar-refractivity contribution in [2.24, 2.45) is 0 Å². The maximum Gasteiger partial charge on any atom is 0.117 e. The molecule has 0 atom stereocenters. The van der Waals surface area contributed by atoms with Crippen molar-refractivity contribution < 1.29 is 4.42 Å². The zero-order valence-electron chi connectivity index (χ0n) is 10.0. The van der Waals surface area contributed by atoms with Crippen LogP contribution in [0.3, 0.4) is 0 Å². The first-order valence-electron chi connectivity index (χ1n) is 6.11. The summed E-state index contributed by atoms with van der Waals surface area (Å²) in [5.74, 6) is 1.09. The molecular formula is C13H23NO. The van der Waals surface area contributed by atoms with Gasteiger partial charge in [0, 0.05) is 0 Å². The zero-order chi connectivity index (χ0) is 10.9. The minimum Gasteiger partial charge on any atom is -0.468 e. The number of furan rings is 1. The minimum atomic E-state index is 0.965. The summed E-state index contributed by atoms with van der Waals surface area (Å²) in [5, 5.41) is 0. The van der Waals surface area contributed by atoms with Crippen molar-refractivity contribution in [1.29, 1.82) is 0 Å². The van der Waals surface area contributed by atoms with Crippen LogP contribution in [0.15, 0.2) is 22.8 Å². The van der Waals surface area contributed by atoms with Crippen molar-refractivity contribution in [3.63, 3.8) is 0 Å². The Morgan fingerprint density at radius 1 is 1.13 bits per heavy atom. The van der Waals surface area contributed by atoms with Crippen LogP contribution in [0.1, 0.15) is 45.3 Å². The van der Waals surface area contributed by atoms with Crippen molar-refractivity contribution in [1.82, 2.24) is 4.90 Å². The third-order valence-electron chi connectivity index (χ3n) is 2.62. The first-order valence-corrected chi connectivity index (χ1v) is 6.11. The second kappa shape index (κ2) is 7.52. The van der Waals surface area contributed by atoms with Gasteiger partial charge in [0.2, 0.25) is 0 Å². The Labute approximate surface area is 93.3 Å². The van der Waals surface area contributed by atoms with Crippen LogP contribution in [0.2, 0.25) is 0 Å². The van der Waals surface area contributed by atoms with Crippen molar-refractivity contribution in [3.05, 3.63) is 24.2 Å². The predicted octanol–water partition coefficient (Wildman–Crippen LogP) is 3.68. The van der Waals surface area contributed by atoms with Crippen LogP contribution in [-0.2, 0) is 6.54 Å². The van der Waals surface area contributed by atoms with E-state index in [0.717, 1.165) is 12.3 Å². The molecule has 0 bridgehead atoms. The normalized spacial score (nSPS) is 11.1. The van der Waals surface area contributed by atoms with Crippen LogP contribution in [0.25, 0.3) is 0 Å². The molecule has 1 aromatic heterocycles. The second-order valence-corrected chi connectivity index (χ2v) is 4.06. The fourth-order valence-electron chi connectivity index (χ4n) is 1.66. The molecule has 1 aromatic rings. The van der Waals surface area contributed by atoms with E-state index in [2.05, 4.69) is 24.8 Å². The lowest BCUT2D eigenvalue weighted by Gasteiger charge is -2.20. The molecule has 0 aromatic carbocycles. The number of nitrogens with zero attached hydrogens (tertiary/aromatic N) is 1. The number of rotatable bonds is 8. The highest BCUT2D eigenvalue weighted by molar-refractivity contribution is 4.97. The Bertz CT molecular complexity index is 223. The van der Waals surface area contributed by atoms with E-state index >= 15 is 0 Å². The van der Waals surface area contributed by atoms with Crippen molar-refractivity contribution >= 4 is 0 Å². The summed E-state index contributed by atoms with van der Waals surface area (Å²) in [6.07, 6.45) is 6.85. The van der Waals surface area contributed by atoms with Gasteiger partial charge in [0.15, 0.2) is 0 Å². The van der Waals surface area contributed by atoms with Gasteiger partial charge in [0.25, 0.3) is 0 Å². The zero-order valence-corrected chi connectivity index (χ0v) is 10.0. The molecule has 0 aliphatic heterocycles. The van der Waals surface area contributed by atoms with Gasteiger partial charge < -0.3 is 4.42 Å². The van der Waals surface area contributed by atoms with E-state index < -0.39 is 0 Å². The van der Waals surface area contributed by atoms with Gasteiger partial charge in [-0.05, 0) is 38.1 Å². The maximum atomic E-state index is 5.38. The lowest BCUT2D eigenvalue weighted by Crippen LogP contribution is -2.25. The van der Waals surface area contributed by atoms with E-state index in [9.17, 15) is 0 Å². The Hall–Kier alpha value is -0.760. The predicted molar refractivity (Wildman–Crippen MR) is 63.8 cm³/mol. The van der Waals surface area contributed by atoms with Gasteiger partial charge in [-0.3, -0.25) is 4.90 Å². The molecule has 2 nitrogen and oxygen atoms in total. The van der Waals surface area contributed by atoms with Gasteiger partial charge >= 0.3 is 0 Å². The van der Waals surface area contributed by atoms with E-state index in [1.165, 1.54) is 38.8 Å². The fourth-order valence-corrected chi connectivity index (χ4v) is 1.66. The third-order valence-corrected chi connectivity index (χ3v) is 2.62. The quantitative estimate of drug-likeness (QED) is 0.649. The van der Waals surface area contributed by atoms with E-state index in [1.54, 1.807) is 6.26 Å². The lowest BCUT2D eigenvalue weighted by molar-refractivity contribution is 0.237. The molecule has 1 heterocycles. The summed E-state index contributed by atoms with van der Waals surface area (Å²) in [5.41, 5.74) is 0. The highest BCUT2D eigenvalue weighted by Crippen LogP contribution is 2.07. The summed E-state index contributed by atoms with van der Waals surface area (Å²) in [4.78, 5) is 2.49. The summed E-state index contributed by atoms with van der Waals surface area (Å²) in [6.45, 7) is 7.83. The molecule has 86 valence electrons. The van der Waals surface area contributed by atoms with E-state index in [4.69, 9.17) is 4.42 Å². The highest BCUT2D eigenvalue weighted by atomic mass is 16.3. The first kappa shape index (κ1) is 12.3. The van der Waals surface area contributed by atoms with Crippen molar-refractivity contribution in [2.75, 3.05) is 13.1 Å². The SMILES string of the molecule is CCCCN(CCCC)Cc1ccco1. The highest BCUT2D eigenvalue weighted by Gasteiger charge is 2.06. The van der Waals surface area contributed by atoms with Gasteiger partial charge in [-0.1, -0.05) is 26.7 Å². The monoisotopic (exact) mass is 209 g/mol. The van der Waals surface area contributed by atoms with E-state index in [1.807, 2.05) is 6.07 Å². The number of hydrogen-bond donors (Lipinski definition) is 0. The molecule has 15 heavy (non-hydrogen) atoms. The van der Waals surface area contributed by atoms with Crippen LogP contribution in [-0.4, -0.2) is 18.0 Å². The van der Waals surface area contributed by atoms with Gasteiger partial charge in [-0.25, -0.2) is 0 Å². The summed E-state index contributed by atoms with van der Waals surface area (Å²) in [7, 11) is 0. The van der Waals surface area contributed by atoms with Crippen LogP contribution >= 0.6 is 0 Å². The molecule has 1 rings (SSSR count). The number of unbranched alkanes of at least 4 members (excludes halogenated alkanes) is 2. The molecular weight excluding hydrogens is 186 g/mol. The van der Waals surface area contributed by atoms with Gasteiger partial charge in [0.1, 0.15) is 5.76 Å². The Morgan fingerprint density at radius 3 is 2.27 bits per heavy atom. The molecule has 0 amide bonds. The third kappa shape index (κ3) is 5.03. The molecule has 0 saturated heterocycles. The second-order valence-electron chi connectivity index (χ2n) is 4.06. The van der Waals surface area contributed by atoms with E-state index in [-0.39, 0.29) is 0 Å². The Balaban J connectivity index is 2.33. The average molecular weight is 209 g/mol. The molecule has 0 aliphatic carbocycles. The van der Waals surface area contributed by atoms with Crippen LogP contribution in [0, 0.1) is 0 Å². The van der Waals surface area contributed by atoms with Crippen molar-refractivity contribution in [3.8, 4) is 0 Å². The van der Waals surface area contributed by atoms with Gasteiger partial charge in [-0.2, -0.15) is 0 Å². The number of hydrogen-bond acceptors (Lipinski definition) is 2. The fraction of sp³-hybridized carbons (Fsp3) is 0.692. The molecule has 0 fully saturated rings. The molecule has 0 spiro atoms. The topological polar surface area (TPSA) is 16.4 Å². The minimum absolute atomic E-state index is 0.965. The smallest absolute Gasteiger partial charge is 0.117 e. The molecule has 0 saturated carbocycles. The largest absolute Gasteiger partial charge is 0.468 e. The molecule has 0 N–H and O–H groups in total. The van der Waals surface area contributed by atoms with Crippen molar-refractivity contribution in [2.45, 2.75) is 46.1 Å². The molecule has 2 heteroatoms. The van der Waals surface area contributed by atoms with E-state index in [0.29, 0.717) is 0 Å². The molecule has 0 aliphatic rings. The Morgan fingerprint density at radius 2 is 1.80 bits per heavy atom. The Kier molecular flexibility index (Phi) is 6.17. The maximum absolute atomic E-state index is 5.38. The lowest BCUT2D eigenvalue weighted by atomic mass is 10.2. The van der Waals surface area contributed by atoms with Crippen LogP contribution in [0.5, 0.6) is 0 Å². The molecule has 0 radical (unpaired) electrons. The van der Waals surface area contributed by atoms with Crippen LogP contribution < -0.4 is 0 Å². The summed E-state index contributed by atoms with van der Waals surface area (Å²) < 4.78 is 5.38. The van der Waals surface area contributed by atoms with Crippen LogP contribution in [0.4, 0.5) is 0 Å². The summed E-state index contributed by atoms with van der Waals surface area (Å²) >= 11 is 0. The first-order chi connectivity index (χ1) is 7.36. The average Bonchev–Trinajstić information content (AvgIpc) is 2.74. The summed E-state index contributed by atoms with van der Waals surface area (Å²) in [6, 6.07) is 4.03. The van der Waals surface area contributed by atoms with Gasteiger partial charge in [-0.15, -0.1) is 0 Å². The van der Waals surface area contributed by atoms with Gasteiger partial charge in [0.05, 0.1) is 12.8 Å². The standard InChI is InChI=1S/C13H23NO/c1-3-5-9-14(10-6-4-2)12-13-8-7-11-15-13/h7-8,11H,3-6,9-10,12H2,1-2H3. The molecule has 0 unspecified atom stereocenters.